The normalized spacial score (nSPS) is 13.9. The number of rotatable bonds is 4. The lowest BCUT2D eigenvalue weighted by Gasteiger charge is -2.04. The highest BCUT2D eigenvalue weighted by atomic mass is 35.5. The molecule has 2 heteroatoms. The molecule has 8 heavy (non-hydrogen) atoms. The first-order chi connectivity index (χ1) is 3.81. The van der Waals surface area contributed by atoms with Crippen molar-refractivity contribution in [3.05, 3.63) is 0 Å². The van der Waals surface area contributed by atoms with E-state index in [1.165, 1.54) is 0 Å². The average molecular weight is 137 g/mol. The standard InChI is InChI=1S/C6H13ClO/c1-6(2-4-7)3-5-8/h6,8H,2-5H2,1H3/t6-/m1/s1. The van der Waals surface area contributed by atoms with Gasteiger partial charge in [0.25, 0.3) is 0 Å². The Balaban J connectivity index is 2.92. The second kappa shape index (κ2) is 5.39. The summed E-state index contributed by atoms with van der Waals surface area (Å²) in [6.07, 6.45) is 1.90. The summed E-state index contributed by atoms with van der Waals surface area (Å²) in [6.45, 7) is 2.39. The second-order valence-electron chi connectivity index (χ2n) is 2.10. The van der Waals surface area contributed by atoms with Crippen molar-refractivity contribution in [3.8, 4) is 0 Å². The van der Waals surface area contributed by atoms with Crippen molar-refractivity contribution >= 4 is 11.6 Å². The molecule has 1 atom stereocenters. The fourth-order valence-electron chi connectivity index (χ4n) is 0.551. The lowest BCUT2D eigenvalue weighted by atomic mass is 10.1. The summed E-state index contributed by atoms with van der Waals surface area (Å²) in [5.41, 5.74) is 0. The van der Waals surface area contributed by atoms with Crippen molar-refractivity contribution < 1.29 is 5.11 Å². The molecule has 0 rings (SSSR count). The topological polar surface area (TPSA) is 20.2 Å². The van der Waals surface area contributed by atoms with Gasteiger partial charge < -0.3 is 5.11 Å². The van der Waals surface area contributed by atoms with Crippen LogP contribution in [0.25, 0.3) is 0 Å². The van der Waals surface area contributed by atoms with E-state index >= 15 is 0 Å². The number of aliphatic hydroxyl groups excluding tert-OH is 1. The maximum atomic E-state index is 8.42. The van der Waals surface area contributed by atoms with E-state index in [4.69, 9.17) is 16.7 Å². The Morgan fingerprint density at radius 3 is 2.50 bits per heavy atom. The lowest BCUT2D eigenvalue weighted by Crippen LogP contribution is -1.97. The van der Waals surface area contributed by atoms with Gasteiger partial charge in [0.1, 0.15) is 0 Å². The Hall–Kier alpha value is 0.250. The number of hydrogen-bond donors (Lipinski definition) is 1. The molecular formula is C6H13ClO. The fraction of sp³-hybridized carbons (Fsp3) is 1.00. The number of alkyl halides is 1. The minimum absolute atomic E-state index is 0.290. The molecule has 0 radical (unpaired) electrons. The number of halogens is 1. The van der Waals surface area contributed by atoms with Crippen molar-refractivity contribution in [2.75, 3.05) is 12.5 Å². The van der Waals surface area contributed by atoms with Crippen LogP contribution in [-0.4, -0.2) is 17.6 Å². The van der Waals surface area contributed by atoms with Crippen LogP contribution in [0.15, 0.2) is 0 Å². The van der Waals surface area contributed by atoms with Crippen molar-refractivity contribution in [1.82, 2.24) is 0 Å². The van der Waals surface area contributed by atoms with E-state index in [9.17, 15) is 0 Å². The predicted octanol–water partition coefficient (Wildman–Crippen LogP) is 1.63. The molecule has 0 amide bonds. The van der Waals surface area contributed by atoms with Gasteiger partial charge in [0.2, 0.25) is 0 Å². The van der Waals surface area contributed by atoms with E-state index in [2.05, 4.69) is 6.92 Å². The summed E-state index contributed by atoms with van der Waals surface area (Å²) >= 11 is 5.45. The van der Waals surface area contributed by atoms with E-state index in [-0.39, 0.29) is 6.61 Å². The monoisotopic (exact) mass is 136 g/mol. The first kappa shape index (κ1) is 8.25. The van der Waals surface area contributed by atoms with E-state index in [1.807, 2.05) is 0 Å². The molecular weight excluding hydrogens is 124 g/mol. The van der Waals surface area contributed by atoms with Gasteiger partial charge in [-0.1, -0.05) is 6.92 Å². The highest BCUT2D eigenvalue weighted by molar-refractivity contribution is 6.17. The zero-order chi connectivity index (χ0) is 6.41. The van der Waals surface area contributed by atoms with Crippen molar-refractivity contribution in [1.29, 1.82) is 0 Å². The maximum Gasteiger partial charge on any atom is 0.0433 e. The van der Waals surface area contributed by atoms with Crippen LogP contribution < -0.4 is 0 Å². The summed E-state index contributed by atoms with van der Waals surface area (Å²) in [6, 6.07) is 0. The molecule has 50 valence electrons. The summed E-state index contributed by atoms with van der Waals surface area (Å²) in [5, 5.41) is 8.42. The molecule has 0 aliphatic rings. The van der Waals surface area contributed by atoms with E-state index in [0.717, 1.165) is 12.8 Å². The minimum atomic E-state index is 0.290. The zero-order valence-corrected chi connectivity index (χ0v) is 5.99. The van der Waals surface area contributed by atoms with Gasteiger partial charge in [-0.25, -0.2) is 0 Å². The van der Waals surface area contributed by atoms with E-state index < -0.39 is 0 Å². The lowest BCUT2D eigenvalue weighted by molar-refractivity contribution is 0.261. The van der Waals surface area contributed by atoms with Gasteiger partial charge in [0, 0.05) is 12.5 Å². The van der Waals surface area contributed by atoms with Gasteiger partial charge >= 0.3 is 0 Å². The van der Waals surface area contributed by atoms with Crippen LogP contribution in [0, 0.1) is 5.92 Å². The van der Waals surface area contributed by atoms with Crippen LogP contribution in [0.4, 0.5) is 0 Å². The Morgan fingerprint density at radius 1 is 1.50 bits per heavy atom. The summed E-state index contributed by atoms with van der Waals surface area (Å²) in [7, 11) is 0. The van der Waals surface area contributed by atoms with Crippen LogP contribution in [0.1, 0.15) is 19.8 Å². The molecule has 0 fully saturated rings. The molecule has 1 N–H and O–H groups in total. The Morgan fingerprint density at radius 2 is 2.12 bits per heavy atom. The van der Waals surface area contributed by atoms with Crippen molar-refractivity contribution in [3.63, 3.8) is 0 Å². The smallest absolute Gasteiger partial charge is 0.0433 e. The fourth-order valence-corrected chi connectivity index (χ4v) is 0.924. The summed E-state index contributed by atoms with van der Waals surface area (Å²) in [4.78, 5) is 0. The Labute approximate surface area is 55.7 Å². The van der Waals surface area contributed by atoms with Crippen molar-refractivity contribution in [2.45, 2.75) is 19.8 Å². The number of aliphatic hydroxyl groups is 1. The van der Waals surface area contributed by atoms with Crippen LogP contribution in [-0.2, 0) is 0 Å². The van der Waals surface area contributed by atoms with Crippen LogP contribution in [0.5, 0.6) is 0 Å². The quantitative estimate of drug-likeness (QED) is 0.583. The SMILES string of the molecule is C[C@@H](CCO)CCCl. The molecule has 0 bridgehead atoms. The van der Waals surface area contributed by atoms with Crippen molar-refractivity contribution in [2.24, 2.45) is 5.92 Å². The third-order valence-corrected chi connectivity index (χ3v) is 1.44. The predicted molar refractivity (Wildman–Crippen MR) is 36.2 cm³/mol. The van der Waals surface area contributed by atoms with Gasteiger partial charge in [-0.05, 0) is 18.8 Å². The third-order valence-electron chi connectivity index (χ3n) is 1.22. The maximum absolute atomic E-state index is 8.42. The Bertz CT molecular complexity index is 41.8. The summed E-state index contributed by atoms with van der Waals surface area (Å²) in [5.74, 6) is 1.29. The van der Waals surface area contributed by atoms with Gasteiger partial charge in [-0.2, -0.15) is 0 Å². The zero-order valence-electron chi connectivity index (χ0n) is 5.23. The minimum Gasteiger partial charge on any atom is -0.396 e. The number of hydrogen-bond acceptors (Lipinski definition) is 1. The van der Waals surface area contributed by atoms with E-state index in [1.54, 1.807) is 0 Å². The van der Waals surface area contributed by atoms with Gasteiger partial charge in [-0.3, -0.25) is 0 Å². The molecule has 0 heterocycles. The van der Waals surface area contributed by atoms with Crippen LogP contribution >= 0.6 is 11.6 Å². The molecule has 0 aliphatic carbocycles. The summed E-state index contributed by atoms with van der Waals surface area (Å²) < 4.78 is 0. The molecule has 0 aliphatic heterocycles. The van der Waals surface area contributed by atoms with Gasteiger partial charge in [0.05, 0.1) is 0 Å². The largest absolute Gasteiger partial charge is 0.396 e. The molecule has 0 aromatic rings. The first-order valence-electron chi connectivity index (χ1n) is 2.98. The van der Waals surface area contributed by atoms with E-state index in [0.29, 0.717) is 11.8 Å². The first-order valence-corrected chi connectivity index (χ1v) is 3.51. The molecule has 0 saturated carbocycles. The molecule has 1 nitrogen and oxygen atoms in total. The Kier molecular flexibility index (Phi) is 5.56. The van der Waals surface area contributed by atoms with Gasteiger partial charge in [0.15, 0.2) is 0 Å². The molecule has 0 aromatic heterocycles. The average Bonchev–Trinajstić information content (AvgIpc) is 1.68. The molecule has 0 aromatic carbocycles. The second-order valence-corrected chi connectivity index (χ2v) is 2.47. The molecule has 0 spiro atoms. The third kappa shape index (κ3) is 4.41. The highest BCUT2D eigenvalue weighted by Crippen LogP contribution is 2.06. The van der Waals surface area contributed by atoms with Crippen LogP contribution in [0.3, 0.4) is 0 Å². The van der Waals surface area contributed by atoms with Gasteiger partial charge in [-0.15, -0.1) is 11.6 Å². The molecule has 0 unspecified atom stereocenters. The highest BCUT2D eigenvalue weighted by Gasteiger charge is 1.97. The molecule has 0 saturated heterocycles. The van der Waals surface area contributed by atoms with Crippen LogP contribution in [0.2, 0.25) is 0 Å².